The fraction of sp³-hybridized carbons (Fsp3) is 0.211. The highest BCUT2D eigenvalue weighted by Gasteiger charge is 2.10. The molecule has 0 N–H and O–H groups in total. The third kappa shape index (κ3) is 4.96. The molecule has 0 aliphatic carbocycles. The van der Waals surface area contributed by atoms with Crippen LogP contribution in [0.1, 0.15) is 16.7 Å². The van der Waals surface area contributed by atoms with Crippen LogP contribution in [0.15, 0.2) is 53.0 Å². The molecule has 0 spiro atoms. The molecule has 0 aliphatic heterocycles. The molecule has 23 heavy (non-hydrogen) atoms. The molecule has 0 aromatic heterocycles. The van der Waals surface area contributed by atoms with Gasteiger partial charge in [-0.1, -0.05) is 45.8 Å². The minimum absolute atomic E-state index is 0.0449. The van der Waals surface area contributed by atoms with Gasteiger partial charge in [-0.15, -0.1) is 0 Å². The summed E-state index contributed by atoms with van der Waals surface area (Å²) in [5.74, 6) is 0.753. The Morgan fingerprint density at radius 2 is 1.91 bits per heavy atom. The lowest BCUT2D eigenvalue weighted by Crippen LogP contribution is -2.24. The van der Waals surface area contributed by atoms with Crippen molar-refractivity contribution in [3.05, 3.63) is 69.7 Å². The molecule has 0 aliphatic rings. The molecular weight excluding hydrogens is 354 g/mol. The van der Waals surface area contributed by atoms with Crippen molar-refractivity contribution >= 4 is 27.9 Å². The summed E-state index contributed by atoms with van der Waals surface area (Å²) >= 11 is 3.39. The molecule has 2 aromatic carbocycles. The lowest BCUT2D eigenvalue weighted by molar-refractivity contribution is -0.125. The van der Waals surface area contributed by atoms with Gasteiger partial charge >= 0.3 is 0 Å². The predicted molar refractivity (Wildman–Crippen MR) is 97.4 cm³/mol. The van der Waals surface area contributed by atoms with Gasteiger partial charge in [0.1, 0.15) is 5.75 Å². The van der Waals surface area contributed by atoms with E-state index >= 15 is 0 Å². The van der Waals surface area contributed by atoms with Gasteiger partial charge in [-0.05, 0) is 36.8 Å². The van der Waals surface area contributed by atoms with E-state index < -0.39 is 0 Å². The van der Waals surface area contributed by atoms with E-state index in [1.54, 1.807) is 25.1 Å². The Kier molecular flexibility index (Phi) is 5.99. The van der Waals surface area contributed by atoms with Crippen LogP contribution in [0.3, 0.4) is 0 Å². The summed E-state index contributed by atoms with van der Waals surface area (Å²) in [6.45, 7) is 2.53. The van der Waals surface area contributed by atoms with Crippen molar-refractivity contribution < 1.29 is 9.53 Å². The van der Waals surface area contributed by atoms with Crippen molar-refractivity contribution in [2.75, 3.05) is 14.2 Å². The Bertz CT molecular complexity index is 708. The molecule has 0 radical (unpaired) electrons. The molecule has 0 saturated heterocycles. The third-order valence-electron chi connectivity index (χ3n) is 3.51. The van der Waals surface area contributed by atoms with Crippen LogP contribution in [0.5, 0.6) is 5.75 Å². The van der Waals surface area contributed by atoms with E-state index in [0.717, 1.165) is 26.9 Å². The summed E-state index contributed by atoms with van der Waals surface area (Å²) in [6, 6.07) is 13.8. The molecule has 0 saturated carbocycles. The molecule has 0 bridgehead atoms. The highest BCUT2D eigenvalue weighted by Crippen LogP contribution is 2.21. The number of halogens is 1. The van der Waals surface area contributed by atoms with E-state index in [1.807, 2.05) is 55.5 Å². The average Bonchev–Trinajstić information content (AvgIpc) is 2.54. The summed E-state index contributed by atoms with van der Waals surface area (Å²) in [6.07, 6.45) is 3.41. The molecule has 1 amide bonds. The fourth-order valence-electron chi connectivity index (χ4n) is 2.23. The number of amides is 1. The van der Waals surface area contributed by atoms with Crippen LogP contribution < -0.4 is 4.74 Å². The summed E-state index contributed by atoms with van der Waals surface area (Å²) in [5.41, 5.74) is 3.13. The maximum Gasteiger partial charge on any atom is 0.246 e. The second-order valence-electron chi connectivity index (χ2n) is 5.39. The molecule has 0 fully saturated rings. The van der Waals surface area contributed by atoms with Crippen molar-refractivity contribution in [2.24, 2.45) is 0 Å². The molecule has 0 atom stereocenters. The maximum absolute atomic E-state index is 12.3. The number of hydrogen-bond donors (Lipinski definition) is 0. The van der Waals surface area contributed by atoms with Crippen molar-refractivity contribution in [3.8, 4) is 5.75 Å². The number of likely N-dealkylation sites (N-methyl/N-ethyl adjacent to an activating group) is 1. The molecule has 2 aromatic rings. The second kappa shape index (κ2) is 7.97. The average molecular weight is 374 g/mol. The van der Waals surface area contributed by atoms with Gasteiger partial charge in [0.05, 0.1) is 7.11 Å². The highest BCUT2D eigenvalue weighted by atomic mass is 79.9. The number of carbonyl (C=O) groups is 1. The fourth-order valence-corrected chi connectivity index (χ4v) is 2.50. The first-order valence-corrected chi connectivity index (χ1v) is 8.11. The molecule has 0 unspecified atom stereocenters. The molecule has 2 rings (SSSR count). The Morgan fingerprint density at radius 1 is 1.22 bits per heavy atom. The molecule has 120 valence electrons. The van der Waals surface area contributed by atoms with Crippen molar-refractivity contribution in [1.82, 2.24) is 4.90 Å². The van der Waals surface area contributed by atoms with Crippen LogP contribution >= 0.6 is 15.9 Å². The molecular formula is C19H20BrNO2. The van der Waals surface area contributed by atoms with Gasteiger partial charge in [0.25, 0.3) is 0 Å². The van der Waals surface area contributed by atoms with Crippen LogP contribution in [0.4, 0.5) is 0 Å². The summed E-state index contributed by atoms with van der Waals surface area (Å²) in [7, 11) is 3.43. The lowest BCUT2D eigenvalue weighted by Gasteiger charge is -2.17. The van der Waals surface area contributed by atoms with Gasteiger partial charge in [-0.3, -0.25) is 4.79 Å². The van der Waals surface area contributed by atoms with Crippen LogP contribution in [-0.4, -0.2) is 25.0 Å². The van der Waals surface area contributed by atoms with Gasteiger partial charge in [0, 0.05) is 29.7 Å². The largest absolute Gasteiger partial charge is 0.496 e. The van der Waals surface area contributed by atoms with Crippen LogP contribution in [0.25, 0.3) is 6.08 Å². The van der Waals surface area contributed by atoms with E-state index in [4.69, 9.17) is 4.74 Å². The minimum atomic E-state index is -0.0449. The predicted octanol–water partition coefficient (Wildman–Crippen LogP) is 4.44. The van der Waals surface area contributed by atoms with Gasteiger partial charge in [-0.2, -0.15) is 0 Å². The second-order valence-corrected chi connectivity index (χ2v) is 6.31. The van der Waals surface area contributed by atoms with E-state index in [9.17, 15) is 4.79 Å². The summed E-state index contributed by atoms with van der Waals surface area (Å²) in [5, 5.41) is 0. The number of rotatable bonds is 5. The Balaban J connectivity index is 2.05. The third-order valence-corrected chi connectivity index (χ3v) is 4.04. The highest BCUT2D eigenvalue weighted by molar-refractivity contribution is 9.10. The summed E-state index contributed by atoms with van der Waals surface area (Å²) < 4.78 is 6.38. The zero-order valence-corrected chi connectivity index (χ0v) is 15.1. The molecule has 0 heterocycles. The smallest absolute Gasteiger partial charge is 0.246 e. The Morgan fingerprint density at radius 3 is 2.57 bits per heavy atom. The first kappa shape index (κ1) is 17.3. The number of ether oxygens (including phenoxy) is 1. The molecule has 4 heteroatoms. The van der Waals surface area contributed by atoms with E-state index in [2.05, 4.69) is 15.9 Å². The van der Waals surface area contributed by atoms with Crippen LogP contribution in [0, 0.1) is 6.92 Å². The number of aryl methyl sites for hydroxylation is 1. The summed E-state index contributed by atoms with van der Waals surface area (Å²) in [4.78, 5) is 13.9. The zero-order chi connectivity index (χ0) is 16.8. The van der Waals surface area contributed by atoms with Crippen LogP contribution in [0.2, 0.25) is 0 Å². The van der Waals surface area contributed by atoms with Crippen molar-refractivity contribution in [2.45, 2.75) is 13.5 Å². The van der Waals surface area contributed by atoms with Crippen molar-refractivity contribution in [1.29, 1.82) is 0 Å². The maximum atomic E-state index is 12.3. The van der Waals surface area contributed by atoms with Gasteiger partial charge in [0.15, 0.2) is 0 Å². The first-order valence-electron chi connectivity index (χ1n) is 7.32. The monoisotopic (exact) mass is 373 g/mol. The standard InChI is InChI=1S/C19H20BrNO2/c1-14-4-10-18(23-3)16(12-14)13-21(2)19(22)11-7-15-5-8-17(20)9-6-15/h4-12H,13H2,1-3H3/b11-7+. The number of nitrogens with zero attached hydrogens (tertiary/aromatic N) is 1. The van der Waals surface area contributed by atoms with Gasteiger partial charge in [0.2, 0.25) is 5.91 Å². The topological polar surface area (TPSA) is 29.5 Å². The normalized spacial score (nSPS) is 10.8. The van der Waals surface area contributed by atoms with Gasteiger partial charge in [-0.25, -0.2) is 0 Å². The quantitative estimate of drug-likeness (QED) is 0.725. The SMILES string of the molecule is COc1ccc(C)cc1CN(C)C(=O)/C=C/c1ccc(Br)cc1. The number of hydrogen-bond acceptors (Lipinski definition) is 2. The van der Waals surface area contributed by atoms with Gasteiger partial charge < -0.3 is 9.64 Å². The zero-order valence-electron chi connectivity index (χ0n) is 13.5. The van der Waals surface area contributed by atoms with Crippen LogP contribution in [-0.2, 0) is 11.3 Å². The van der Waals surface area contributed by atoms with E-state index in [0.29, 0.717) is 6.54 Å². The molecule has 3 nitrogen and oxygen atoms in total. The number of benzene rings is 2. The van der Waals surface area contributed by atoms with E-state index in [1.165, 1.54) is 0 Å². The lowest BCUT2D eigenvalue weighted by atomic mass is 10.1. The minimum Gasteiger partial charge on any atom is -0.496 e. The first-order chi connectivity index (χ1) is 11.0. The number of carbonyl (C=O) groups excluding carboxylic acids is 1. The van der Waals surface area contributed by atoms with E-state index in [-0.39, 0.29) is 5.91 Å². The number of methoxy groups -OCH3 is 1. The Hall–Kier alpha value is -2.07. The Labute approximate surface area is 145 Å². The van der Waals surface area contributed by atoms with Crippen molar-refractivity contribution in [3.63, 3.8) is 0 Å².